The van der Waals surface area contributed by atoms with E-state index in [2.05, 4.69) is 181 Å². The van der Waals surface area contributed by atoms with E-state index in [1.54, 1.807) is 18.3 Å². The van der Waals surface area contributed by atoms with Crippen LogP contribution < -0.4 is 4.90 Å². The zero-order valence-corrected chi connectivity index (χ0v) is 35.1. The molecule has 0 atom stereocenters. The van der Waals surface area contributed by atoms with Gasteiger partial charge in [-0.25, -0.2) is 14.1 Å². The van der Waals surface area contributed by atoms with Crippen LogP contribution in [0, 0.1) is 19.0 Å². The number of fused-ring (bicyclic) bond motifs is 4. The largest absolute Gasteiger partial charge is 0.357 e. The molecule has 0 unspecified atom stereocenters. The van der Waals surface area contributed by atoms with Gasteiger partial charge in [-0.1, -0.05) is 120 Å². The summed E-state index contributed by atoms with van der Waals surface area (Å²) >= 11 is 0. The van der Waals surface area contributed by atoms with Crippen LogP contribution in [0.1, 0.15) is 30.4 Å². The Morgan fingerprint density at radius 2 is 1.24 bits per heavy atom. The van der Waals surface area contributed by atoms with Crippen molar-refractivity contribution in [1.29, 1.82) is 0 Å². The Hall–Kier alpha value is -6.55. The normalized spacial score (nSPS) is 12.6. The molecule has 290 valence electrons. The molecule has 0 amide bonds. The third kappa shape index (κ3) is 6.76. The topological polar surface area (TPSA) is 30.9 Å². The Kier molecular flexibility index (Phi) is 8.95. The molecular weight excluding hydrogens is 902 g/mol. The molecule has 0 fully saturated rings. The number of hydrogen-bond acceptors (Lipinski definition) is 2. The zero-order valence-electron chi connectivity index (χ0n) is 35.9. The second kappa shape index (κ2) is 15.3. The van der Waals surface area contributed by atoms with Crippen molar-refractivity contribution < 1.29 is 25.2 Å². The summed E-state index contributed by atoms with van der Waals surface area (Å²) in [5.74, 6) is 0.509. The number of anilines is 3. The van der Waals surface area contributed by atoms with Gasteiger partial charge in [0.2, 0.25) is 0 Å². The summed E-state index contributed by atoms with van der Waals surface area (Å²) in [5.41, 5.74) is 11.6. The molecule has 59 heavy (non-hydrogen) atoms. The van der Waals surface area contributed by atoms with Crippen molar-refractivity contribution in [2.75, 3.05) is 4.90 Å². The first-order valence-electron chi connectivity index (χ1n) is 21.1. The number of rotatable bonds is 7. The molecule has 0 radical (unpaired) electrons. The molecule has 5 nitrogen and oxygen atoms in total. The molecule has 0 spiro atoms. The third-order valence-electron chi connectivity index (χ3n) is 10.8. The summed E-state index contributed by atoms with van der Waals surface area (Å²) in [6.07, 6.45) is 3.75. The molecule has 10 rings (SSSR count). The van der Waals surface area contributed by atoms with Crippen LogP contribution in [-0.4, -0.2) is 18.7 Å². The molecule has 6 heteroatoms. The Labute approximate surface area is 363 Å². The maximum absolute atomic E-state index is 8.21. The molecule has 0 N–H and O–H groups in total. The number of aromatic nitrogens is 4. The number of imidazole rings is 1. The van der Waals surface area contributed by atoms with Gasteiger partial charge in [0, 0.05) is 65.8 Å². The van der Waals surface area contributed by atoms with Crippen LogP contribution in [0.4, 0.5) is 17.1 Å². The van der Waals surface area contributed by atoms with Gasteiger partial charge in [-0.15, -0.1) is 29.7 Å². The Bertz CT molecular complexity index is 3180. The van der Waals surface area contributed by atoms with Crippen LogP contribution in [0.25, 0.3) is 66.6 Å². The fourth-order valence-electron chi connectivity index (χ4n) is 8.20. The van der Waals surface area contributed by atoms with Gasteiger partial charge in [0.15, 0.2) is 17.4 Å². The Morgan fingerprint density at radius 1 is 0.610 bits per heavy atom. The molecule has 3 aromatic heterocycles. The molecule has 0 bridgehead atoms. The fraction of sp³-hybridized carbons (Fsp3) is 0.0943. The summed E-state index contributed by atoms with van der Waals surface area (Å²) < 4.78 is 31.2. The van der Waals surface area contributed by atoms with Crippen molar-refractivity contribution in [3.8, 4) is 33.8 Å². The second-order valence-electron chi connectivity index (χ2n) is 15.6. The number of benzene rings is 7. The van der Waals surface area contributed by atoms with Crippen LogP contribution in [0.2, 0.25) is 0 Å². The van der Waals surface area contributed by atoms with E-state index in [4.69, 9.17) is 9.10 Å². The minimum Gasteiger partial charge on any atom is -0.357 e. The number of hydrogen-bond donors (Lipinski definition) is 0. The minimum absolute atomic E-state index is 0. The third-order valence-corrected chi connectivity index (χ3v) is 10.8. The van der Waals surface area contributed by atoms with Crippen LogP contribution in [0.5, 0.6) is 0 Å². The summed E-state index contributed by atoms with van der Waals surface area (Å²) in [7, 11) is 0. The molecule has 0 saturated heterocycles. The smallest absolute Gasteiger partial charge is 0.188 e. The van der Waals surface area contributed by atoms with Crippen LogP contribution >= 0.6 is 0 Å². The summed E-state index contributed by atoms with van der Waals surface area (Å²) in [6, 6.07) is 65.7. The molecule has 10 aromatic rings. The second-order valence-corrected chi connectivity index (χ2v) is 15.6. The molecule has 7 aromatic carbocycles. The summed E-state index contributed by atoms with van der Waals surface area (Å²) in [6.45, 7) is 4.36. The molecule has 0 saturated carbocycles. The van der Waals surface area contributed by atoms with Gasteiger partial charge in [0.1, 0.15) is 5.82 Å². The van der Waals surface area contributed by atoms with Crippen molar-refractivity contribution in [2.45, 2.75) is 33.2 Å². The molecule has 3 heterocycles. The first-order chi connectivity index (χ1) is 29.5. The summed E-state index contributed by atoms with van der Waals surface area (Å²) in [4.78, 5) is 7.02. The van der Waals surface area contributed by atoms with E-state index < -0.39 is 6.85 Å². The van der Waals surface area contributed by atoms with Gasteiger partial charge in [0.25, 0.3) is 0 Å². The molecule has 0 aliphatic heterocycles. The standard InChI is InChI=1S/C53H42N5.Pt/c1-37-31-32-54-51(33-37)58-47-26-12-11-23-45(47)46-30-29-42(35-50(46)58)57(52-43(38-17-7-5-8-18-38)24-16-25-44(52)39-19-9-6-10-20-39)41-22-15-21-40(34-41)55-36-56(53(2,3)4)49-28-14-13-27-48(49)55;/h5-33,36H,1-4H3;/q-1;/i1D3;. The fourth-order valence-corrected chi connectivity index (χ4v) is 8.20. The van der Waals surface area contributed by atoms with Gasteiger partial charge in [-0.3, -0.25) is 0 Å². The number of pyridine rings is 1. The van der Waals surface area contributed by atoms with E-state index in [1.807, 2.05) is 34.9 Å². The Balaban J connectivity index is 0.00000490. The van der Waals surface area contributed by atoms with E-state index in [-0.39, 0.29) is 32.2 Å². The van der Waals surface area contributed by atoms with Gasteiger partial charge in [-0.05, 0) is 80.0 Å². The first kappa shape index (κ1) is 34.5. The number of aryl methyl sites for hydroxylation is 1. The maximum Gasteiger partial charge on any atom is 0.188 e. The van der Waals surface area contributed by atoms with E-state index in [0.717, 1.165) is 77.8 Å². The van der Waals surface area contributed by atoms with Crippen molar-refractivity contribution in [3.05, 3.63) is 200 Å². The number of nitrogens with zero attached hydrogens (tertiary/aromatic N) is 5. The molecule has 0 aliphatic carbocycles. The van der Waals surface area contributed by atoms with Gasteiger partial charge < -0.3 is 9.47 Å². The van der Waals surface area contributed by atoms with Gasteiger partial charge >= 0.3 is 0 Å². The zero-order chi connectivity index (χ0) is 41.9. The Morgan fingerprint density at radius 3 is 1.93 bits per heavy atom. The van der Waals surface area contributed by atoms with Crippen LogP contribution in [0.15, 0.2) is 182 Å². The van der Waals surface area contributed by atoms with Crippen molar-refractivity contribution in [2.24, 2.45) is 0 Å². The quantitative estimate of drug-likeness (QED) is 0.149. The average molecular weight is 947 g/mol. The minimum atomic E-state index is -2.30. The predicted molar refractivity (Wildman–Crippen MR) is 241 cm³/mol. The van der Waals surface area contributed by atoms with Crippen LogP contribution in [0.3, 0.4) is 0 Å². The van der Waals surface area contributed by atoms with E-state index in [0.29, 0.717) is 5.82 Å². The number of para-hydroxylation sites is 4. The average Bonchev–Trinajstić information content (AvgIpc) is 3.84. The maximum atomic E-state index is 8.21. The van der Waals surface area contributed by atoms with Crippen molar-refractivity contribution in [1.82, 2.24) is 18.7 Å². The molecular formula is C53H42N5Pt-. The predicted octanol–water partition coefficient (Wildman–Crippen LogP) is 13.7. The monoisotopic (exact) mass is 946 g/mol. The molecule has 0 aliphatic rings. The van der Waals surface area contributed by atoms with E-state index in [1.165, 1.54) is 0 Å². The van der Waals surface area contributed by atoms with E-state index >= 15 is 0 Å². The van der Waals surface area contributed by atoms with Crippen molar-refractivity contribution >= 4 is 49.9 Å². The SMILES string of the molecule is [2H]C([2H])([2H])c1ccnc(-n2c3[c-]c(N(c4[c-]c(-n5[cH+]n(C(C)(C)C)c6ccccc65)ccc4)c4c(-c5ccccc5)cccc4-c4ccccc4)ccc3c3ccccc32)c1.[Pt]. The van der Waals surface area contributed by atoms with Gasteiger partial charge in [0.05, 0.1) is 11.2 Å². The summed E-state index contributed by atoms with van der Waals surface area (Å²) in [5, 5.41) is 1.99. The van der Waals surface area contributed by atoms with Crippen molar-refractivity contribution in [3.63, 3.8) is 0 Å². The first-order valence-corrected chi connectivity index (χ1v) is 19.6. The van der Waals surface area contributed by atoms with E-state index in [9.17, 15) is 0 Å². The van der Waals surface area contributed by atoms with Gasteiger partial charge in [-0.2, -0.15) is 12.1 Å². The van der Waals surface area contributed by atoms with Crippen LogP contribution in [-0.2, 0) is 26.6 Å².